The van der Waals surface area contributed by atoms with E-state index in [1.807, 2.05) is 0 Å². The fraction of sp³-hybridized carbons (Fsp3) is 0.875. The summed E-state index contributed by atoms with van der Waals surface area (Å²) in [7, 11) is 0. The van der Waals surface area contributed by atoms with Gasteiger partial charge < -0.3 is 14.9 Å². The lowest BCUT2D eigenvalue weighted by atomic mass is 10.1. The Bertz CT molecular complexity index is 516. The largest absolute Gasteiger partial charge is 0.415 e. The van der Waals surface area contributed by atoms with Crippen molar-refractivity contribution < 1.29 is 27.9 Å². The monoisotopic (exact) mass is 363 g/mol. The number of likely N-dealkylation sites (tertiary alicyclic amines) is 1. The Morgan fingerprint density at radius 2 is 1.60 bits per heavy atom. The minimum atomic E-state index is -4.68. The summed E-state index contributed by atoms with van der Waals surface area (Å²) < 4.78 is 38.2. The molecule has 2 heterocycles. The Kier molecular flexibility index (Phi) is 5.24. The molecule has 0 spiro atoms. The van der Waals surface area contributed by atoms with Gasteiger partial charge in [-0.05, 0) is 32.2 Å². The smallest absolute Gasteiger partial charge is 0.382 e. The Morgan fingerprint density at radius 1 is 1.00 bits per heavy atom. The molecule has 0 aromatic rings. The fourth-order valence-electron chi connectivity index (χ4n) is 3.66. The van der Waals surface area contributed by atoms with Crippen LogP contribution in [0.5, 0.6) is 0 Å². The summed E-state index contributed by atoms with van der Waals surface area (Å²) in [5.41, 5.74) is 0. The van der Waals surface area contributed by atoms with Crippen LogP contribution >= 0.6 is 0 Å². The van der Waals surface area contributed by atoms with Crippen LogP contribution in [-0.2, 0) is 9.59 Å². The molecular weight excluding hydrogens is 339 g/mol. The van der Waals surface area contributed by atoms with Gasteiger partial charge in [0, 0.05) is 38.1 Å². The summed E-state index contributed by atoms with van der Waals surface area (Å²) in [6, 6.07) is -1.05. The highest BCUT2D eigenvalue weighted by atomic mass is 19.4. The highest BCUT2D eigenvalue weighted by Crippen LogP contribution is 2.32. The lowest BCUT2D eigenvalue weighted by molar-refractivity contribution is -0.219. The van der Waals surface area contributed by atoms with E-state index in [4.69, 9.17) is 0 Å². The Labute approximate surface area is 144 Å². The van der Waals surface area contributed by atoms with Gasteiger partial charge in [0.1, 0.15) is 0 Å². The summed E-state index contributed by atoms with van der Waals surface area (Å²) in [4.78, 5) is 29.2. The number of hydrogen-bond donors (Lipinski definition) is 1. The van der Waals surface area contributed by atoms with Crippen LogP contribution in [0.1, 0.15) is 25.7 Å². The summed E-state index contributed by atoms with van der Waals surface area (Å²) in [6.07, 6.45) is -4.45. The zero-order valence-electron chi connectivity index (χ0n) is 14.0. The molecule has 142 valence electrons. The maximum Gasteiger partial charge on any atom is 0.415 e. The zero-order chi connectivity index (χ0) is 18.2. The Balaban J connectivity index is 1.49. The first-order valence-corrected chi connectivity index (χ1v) is 8.83. The molecule has 1 aliphatic carbocycles. The maximum atomic E-state index is 12.7. The van der Waals surface area contributed by atoms with Crippen LogP contribution in [0.25, 0.3) is 0 Å². The predicted molar refractivity (Wildman–Crippen MR) is 82.5 cm³/mol. The molecule has 3 rings (SSSR count). The Hall–Kier alpha value is -1.35. The van der Waals surface area contributed by atoms with Crippen molar-refractivity contribution in [3.8, 4) is 0 Å². The van der Waals surface area contributed by atoms with E-state index in [-0.39, 0.29) is 30.7 Å². The van der Waals surface area contributed by atoms with Crippen LogP contribution in [-0.4, -0.2) is 89.2 Å². The highest BCUT2D eigenvalue weighted by Gasteiger charge is 2.47. The van der Waals surface area contributed by atoms with E-state index in [1.165, 1.54) is 4.90 Å². The SMILES string of the molecule is O=C(CN1CCCC1C(O)C(F)(F)F)N1CCN(C(=O)C2CC2)CC1. The molecule has 0 aromatic heterocycles. The van der Waals surface area contributed by atoms with Gasteiger partial charge in [0.2, 0.25) is 11.8 Å². The van der Waals surface area contributed by atoms with Crippen LogP contribution in [0, 0.1) is 5.92 Å². The number of amides is 2. The number of aliphatic hydroxyl groups is 1. The highest BCUT2D eigenvalue weighted by molar-refractivity contribution is 5.82. The lowest BCUT2D eigenvalue weighted by Crippen LogP contribution is -2.54. The number of alkyl halides is 3. The molecule has 1 saturated carbocycles. The van der Waals surface area contributed by atoms with E-state index in [0.717, 1.165) is 12.8 Å². The second-order valence-corrected chi connectivity index (χ2v) is 7.15. The standard InChI is InChI=1S/C16H24F3N3O3/c17-16(18,19)14(24)12-2-1-5-22(12)10-13(23)20-6-8-21(9-7-20)15(25)11-3-4-11/h11-12,14,24H,1-10H2. The van der Waals surface area contributed by atoms with Gasteiger partial charge in [0.15, 0.2) is 6.10 Å². The summed E-state index contributed by atoms with van der Waals surface area (Å²) in [6.45, 7) is 2.05. The van der Waals surface area contributed by atoms with Crippen LogP contribution in [0.2, 0.25) is 0 Å². The van der Waals surface area contributed by atoms with E-state index in [0.29, 0.717) is 39.1 Å². The van der Waals surface area contributed by atoms with Crippen molar-refractivity contribution in [2.75, 3.05) is 39.3 Å². The van der Waals surface area contributed by atoms with E-state index in [1.54, 1.807) is 9.80 Å². The van der Waals surface area contributed by atoms with Gasteiger partial charge >= 0.3 is 6.18 Å². The van der Waals surface area contributed by atoms with Crippen molar-refractivity contribution in [1.82, 2.24) is 14.7 Å². The predicted octanol–water partition coefficient (Wildman–Crippen LogP) is 0.455. The number of hydrogen-bond acceptors (Lipinski definition) is 4. The van der Waals surface area contributed by atoms with Crippen molar-refractivity contribution in [1.29, 1.82) is 0 Å². The molecule has 2 saturated heterocycles. The first-order chi connectivity index (χ1) is 11.8. The topological polar surface area (TPSA) is 64.1 Å². The minimum Gasteiger partial charge on any atom is -0.382 e. The number of carbonyl (C=O) groups is 2. The number of aliphatic hydroxyl groups excluding tert-OH is 1. The van der Waals surface area contributed by atoms with E-state index in [9.17, 15) is 27.9 Å². The molecule has 25 heavy (non-hydrogen) atoms. The molecule has 2 amide bonds. The van der Waals surface area contributed by atoms with Gasteiger partial charge in [-0.2, -0.15) is 13.2 Å². The molecule has 9 heteroatoms. The summed E-state index contributed by atoms with van der Waals surface area (Å²) in [5, 5.41) is 9.50. The van der Waals surface area contributed by atoms with Gasteiger partial charge in [-0.15, -0.1) is 0 Å². The molecular formula is C16H24F3N3O3. The van der Waals surface area contributed by atoms with Gasteiger partial charge in [-0.3, -0.25) is 14.5 Å². The van der Waals surface area contributed by atoms with Crippen molar-refractivity contribution in [2.24, 2.45) is 5.92 Å². The third-order valence-electron chi connectivity index (χ3n) is 5.32. The molecule has 0 aromatic carbocycles. The van der Waals surface area contributed by atoms with Crippen molar-refractivity contribution in [2.45, 2.75) is 44.0 Å². The molecule has 3 aliphatic rings. The van der Waals surface area contributed by atoms with Crippen LogP contribution < -0.4 is 0 Å². The average molecular weight is 363 g/mol. The van der Waals surface area contributed by atoms with Gasteiger partial charge in [-0.1, -0.05) is 0 Å². The molecule has 1 N–H and O–H groups in total. The molecule has 2 atom stereocenters. The van der Waals surface area contributed by atoms with Gasteiger partial charge in [-0.25, -0.2) is 0 Å². The van der Waals surface area contributed by atoms with E-state index in [2.05, 4.69) is 0 Å². The molecule has 0 bridgehead atoms. The van der Waals surface area contributed by atoms with Gasteiger partial charge in [0.05, 0.1) is 6.54 Å². The number of piperazine rings is 1. The zero-order valence-corrected chi connectivity index (χ0v) is 14.0. The minimum absolute atomic E-state index is 0.117. The number of nitrogens with zero attached hydrogens (tertiary/aromatic N) is 3. The van der Waals surface area contributed by atoms with Crippen molar-refractivity contribution in [3.05, 3.63) is 0 Å². The molecule has 2 unspecified atom stereocenters. The van der Waals surface area contributed by atoms with Crippen molar-refractivity contribution in [3.63, 3.8) is 0 Å². The van der Waals surface area contributed by atoms with Gasteiger partial charge in [0.25, 0.3) is 0 Å². The average Bonchev–Trinajstić information content (AvgIpc) is 3.33. The van der Waals surface area contributed by atoms with E-state index < -0.39 is 18.3 Å². The quantitative estimate of drug-likeness (QED) is 0.788. The first-order valence-electron chi connectivity index (χ1n) is 8.83. The lowest BCUT2D eigenvalue weighted by Gasteiger charge is -2.36. The summed E-state index contributed by atoms with van der Waals surface area (Å²) >= 11 is 0. The second-order valence-electron chi connectivity index (χ2n) is 7.15. The number of halogens is 3. The molecule has 3 fully saturated rings. The van der Waals surface area contributed by atoms with Crippen LogP contribution in [0.3, 0.4) is 0 Å². The number of rotatable bonds is 4. The van der Waals surface area contributed by atoms with Crippen molar-refractivity contribution >= 4 is 11.8 Å². The van der Waals surface area contributed by atoms with Crippen LogP contribution in [0.4, 0.5) is 13.2 Å². The van der Waals surface area contributed by atoms with Crippen LogP contribution in [0.15, 0.2) is 0 Å². The third kappa shape index (κ3) is 4.25. The molecule has 6 nitrogen and oxygen atoms in total. The molecule has 0 radical (unpaired) electrons. The normalized spacial score (nSPS) is 26.8. The number of carbonyl (C=O) groups excluding carboxylic acids is 2. The molecule has 2 aliphatic heterocycles. The fourth-order valence-corrected chi connectivity index (χ4v) is 3.66. The Morgan fingerprint density at radius 3 is 2.16 bits per heavy atom. The second kappa shape index (κ2) is 7.11. The maximum absolute atomic E-state index is 12.7. The third-order valence-corrected chi connectivity index (χ3v) is 5.32. The van der Waals surface area contributed by atoms with E-state index >= 15 is 0 Å². The summed E-state index contributed by atoms with van der Waals surface area (Å²) in [5.74, 6) is 0.0660. The first kappa shape index (κ1) is 18.4.